The molecule has 1 aliphatic rings. The number of likely N-dealkylation sites (N-methyl/N-ethyl adjacent to an activating group) is 1. The lowest BCUT2D eigenvalue weighted by molar-refractivity contribution is -0.132. The number of amides is 1. The van der Waals surface area contributed by atoms with Crippen LogP contribution in [0.4, 0.5) is 4.39 Å². The molecular formula is C14H18ClFN2O2. The van der Waals surface area contributed by atoms with Crippen molar-refractivity contribution >= 4 is 17.5 Å². The highest BCUT2D eigenvalue weighted by molar-refractivity contribution is 6.32. The van der Waals surface area contributed by atoms with Crippen LogP contribution < -0.4 is 10.1 Å². The van der Waals surface area contributed by atoms with Gasteiger partial charge in [-0.25, -0.2) is 4.39 Å². The van der Waals surface area contributed by atoms with E-state index in [0.717, 1.165) is 19.5 Å². The van der Waals surface area contributed by atoms with Crippen LogP contribution in [0.25, 0.3) is 0 Å². The van der Waals surface area contributed by atoms with Crippen LogP contribution in [0.2, 0.25) is 5.02 Å². The molecule has 6 heteroatoms. The van der Waals surface area contributed by atoms with Crippen molar-refractivity contribution in [2.45, 2.75) is 18.9 Å². The molecule has 1 saturated heterocycles. The van der Waals surface area contributed by atoms with Crippen molar-refractivity contribution in [3.8, 4) is 5.75 Å². The maximum Gasteiger partial charge on any atom is 0.226 e. The molecule has 4 nitrogen and oxygen atoms in total. The highest BCUT2D eigenvalue weighted by Crippen LogP contribution is 2.24. The number of rotatable bonds is 5. The quantitative estimate of drug-likeness (QED) is 0.905. The monoisotopic (exact) mass is 300 g/mol. The largest absolute Gasteiger partial charge is 0.491 e. The van der Waals surface area contributed by atoms with Crippen molar-refractivity contribution in [1.82, 2.24) is 10.2 Å². The van der Waals surface area contributed by atoms with Crippen LogP contribution in [-0.2, 0) is 4.79 Å². The summed E-state index contributed by atoms with van der Waals surface area (Å²) in [6.45, 7) is 2.02. The topological polar surface area (TPSA) is 41.6 Å². The molecule has 0 saturated carbocycles. The molecule has 1 N–H and O–H groups in total. The van der Waals surface area contributed by atoms with Gasteiger partial charge in [-0.2, -0.15) is 0 Å². The summed E-state index contributed by atoms with van der Waals surface area (Å²) >= 11 is 5.84. The van der Waals surface area contributed by atoms with E-state index >= 15 is 0 Å². The molecule has 0 bridgehead atoms. The summed E-state index contributed by atoms with van der Waals surface area (Å²) in [4.78, 5) is 13.7. The van der Waals surface area contributed by atoms with Crippen LogP contribution in [0, 0.1) is 5.82 Å². The summed E-state index contributed by atoms with van der Waals surface area (Å²) in [5.41, 5.74) is 0. The van der Waals surface area contributed by atoms with Crippen molar-refractivity contribution < 1.29 is 13.9 Å². The lowest BCUT2D eigenvalue weighted by Crippen LogP contribution is -2.38. The van der Waals surface area contributed by atoms with Crippen molar-refractivity contribution in [3.63, 3.8) is 0 Å². The van der Waals surface area contributed by atoms with Crippen molar-refractivity contribution in [2.24, 2.45) is 0 Å². The van der Waals surface area contributed by atoms with Gasteiger partial charge in [-0.15, -0.1) is 0 Å². The second kappa shape index (κ2) is 6.90. The van der Waals surface area contributed by atoms with Gasteiger partial charge >= 0.3 is 0 Å². The zero-order chi connectivity index (χ0) is 14.5. The normalized spacial score (nSPS) is 18.1. The van der Waals surface area contributed by atoms with E-state index in [9.17, 15) is 9.18 Å². The molecule has 110 valence electrons. The molecule has 0 spiro atoms. The van der Waals surface area contributed by atoms with Gasteiger partial charge in [0.05, 0.1) is 18.1 Å². The number of benzene rings is 1. The standard InChI is InChI=1S/C14H18ClFN2O2/c1-18(11-4-6-17-9-11)14(19)5-7-20-13-3-2-10(16)8-12(13)15/h2-3,8,11,17H,4-7,9H2,1H3/t11-/m1/s1. The number of nitrogens with zero attached hydrogens (tertiary/aromatic N) is 1. The molecule has 1 amide bonds. The third-order valence-corrected chi connectivity index (χ3v) is 3.74. The van der Waals surface area contributed by atoms with Gasteiger partial charge in [0.2, 0.25) is 5.91 Å². The molecule has 1 aromatic carbocycles. The van der Waals surface area contributed by atoms with Gasteiger partial charge < -0.3 is 15.0 Å². The van der Waals surface area contributed by atoms with Crippen LogP contribution in [-0.4, -0.2) is 43.6 Å². The second-order valence-corrected chi connectivity index (χ2v) is 5.23. The zero-order valence-corrected chi connectivity index (χ0v) is 12.1. The highest BCUT2D eigenvalue weighted by atomic mass is 35.5. The van der Waals surface area contributed by atoms with E-state index in [-0.39, 0.29) is 30.0 Å². The second-order valence-electron chi connectivity index (χ2n) is 4.82. The average Bonchev–Trinajstić information content (AvgIpc) is 2.94. The molecule has 1 aliphatic heterocycles. The van der Waals surface area contributed by atoms with Crippen LogP contribution in [0.1, 0.15) is 12.8 Å². The minimum atomic E-state index is -0.410. The predicted octanol–water partition coefficient (Wildman–Crippen LogP) is 2.07. The summed E-state index contributed by atoms with van der Waals surface area (Å²) < 4.78 is 18.3. The summed E-state index contributed by atoms with van der Waals surface area (Å²) in [5.74, 6) is 0.0230. The number of hydrogen-bond acceptors (Lipinski definition) is 3. The Morgan fingerprint density at radius 1 is 1.60 bits per heavy atom. The van der Waals surface area contributed by atoms with Crippen LogP contribution in [0.3, 0.4) is 0 Å². The Labute approximate surface area is 122 Å². The van der Waals surface area contributed by atoms with Crippen LogP contribution in [0.15, 0.2) is 18.2 Å². The fourth-order valence-corrected chi connectivity index (χ4v) is 2.41. The Kier molecular flexibility index (Phi) is 5.20. The first-order valence-electron chi connectivity index (χ1n) is 6.62. The van der Waals surface area contributed by atoms with Crippen LogP contribution in [0.5, 0.6) is 5.75 Å². The summed E-state index contributed by atoms with van der Waals surface area (Å²) in [5, 5.41) is 3.44. The van der Waals surface area contributed by atoms with E-state index in [4.69, 9.17) is 16.3 Å². The summed E-state index contributed by atoms with van der Waals surface area (Å²) in [6, 6.07) is 4.19. The van der Waals surface area contributed by atoms with Crippen molar-refractivity contribution in [1.29, 1.82) is 0 Å². The Bertz CT molecular complexity index is 478. The molecule has 2 rings (SSSR count). The Hall–Kier alpha value is -1.33. The van der Waals surface area contributed by atoms with E-state index in [2.05, 4.69) is 5.32 Å². The average molecular weight is 301 g/mol. The van der Waals surface area contributed by atoms with Gasteiger partial charge in [-0.05, 0) is 31.2 Å². The van der Waals surface area contributed by atoms with Crippen LogP contribution >= 0.6 is 11.6 Å². The van der Waals surface area contributed by atoms with Crippen molar-refractivity contribution in [2.75, 3.05) is 26.7 Å². The molecule has 0 aromatic heterocycles. The Balaban J connectivity index is 1.78. The molecule has 0 radical (unpaired) electrons. The van der Waals surface area contributed by atoms with E-state index in [0.29, 0.717) is 5.75 Å². The van der Waals surface area contributed by atoms with Gasteiger partial charge in [-0.1, -0.05) is 11.6 Å². The van der Waals surface area contributed by atoms with Crippen molar-refractivity contribution in [3.05, 3.63) is 29.0 Å². The predicted molar refractivity (Wildman–Crippen MR) is 75.6 cm³/mol. The van der Waals surface area contributed by atoms with Gasteiger partial charge in [0.15, 0.2) is 0 Å². The summed E-state index contributed by atoms with van der Waals surface area (Å²) in [6.07, 6.45) is 1.26. The zero-order valence-electron chi connectivity index (χ0n) is 11.4. The molecular weight excluding hydrogens is 283 g/mol. The molecule has 20 heavy (non-hydrogen) atoms. The number of halogens is 2. The van der Waals surface area contributed by atoms with E-state index in [1.54, 1.807) is 4.90 Å². The number of carbonyl (C=O) groups excluding carboxylic acids is 1. The fourth-order valence-electron chi connectivity index (χ4n) is 2.19. The number of hydrogen-bond donors (Lipinski definition) is 1. The molecule has 0 unspecified atom stereocenters. The minimum absolute atomic E-state index is 0.0388. The van der Waals surface area contributed by atoms with Gasteiger partial charge in [0.25, 0.3) is 0 Å². The third-order valence-electron chi connectivity index (χ3n) is 3.44. The minimum Gasteiger partial charge on any atom is -0.491 e. The van der Waals surface area contributed by atoms with E-state index in [1.807, 2.05) is 7.05 Å². The molecule has 1 heterocycles. The first-order valence-corrected chi connectivity index (χ1v) is 7.00. The number of carbonyl (C=O) groups is 1. The summed E-state index contributed by atoms with van der Waals surface area (Å²) in [7, 11) is 1.81. The van der Waals surface area contributed by atoms with Gasteiger partial charge in [0.1, 0.15) is 11.6 Å². The van der Waals surface area contributed by atoms with Gasteiger partial charge in [0, 0.05) is 19.6 Å². The Morgan fingerprint density at radius 2 is 2.40 bits per heavy atom. The van der Waals surface area contributed by atoms with E-state index < -0.39 is 5.82 Å². The maximum atomic E-state index is 12.9. The Morgan fingerprint density at radius 3 is 3.05 bits per heavy atom. The maximum absolute atomic E-state index is 12.9. The smallest absolute Gasteiger partial charge is 0.226 e. The first kappa shape index (κ1) is 15.1. The highest BCUT2D eigenvalue weighted by Gasteiger charge is 2.22. The number of nitrogens with one attached hydrogen (secondary N) is 1. The fraction of sp³-hybridized carbons (Fsp3) is 0.500. The van der Waals surface area contributed by atoms with Gasteiger partial charge in [-0.3, -0.25) is 4.79 Å². The third kappa shape index (κ3) is 3.84. The first-order chi connectivity index (χ1) is 9.58. The van der Waals surface area contributed by atoms with E-state index in [1.165, 1.54) is 18.2 Å². The SMILES string of the molecule is CN(C(=O)CCOc1ccc(F)cc1Cl)[C@@H]1CCNC1. The lowest BCUT2D eigenvalue weighted by Gasteiger charge is -2.23. The molecule has 1 fully saturated rings. The number of ether oxygens (including phenoxy) is 1. The molecule has 0 aliphatic carbocycles. The molecule has 1 aromatic rings. The molecule has 1 atom stereocenters. The lowest BCUT2D eigenvalue weighted by atomic mass is 10.2.